The fraction of sp³-hybridized carbons (Fsp3) is 0.167. The molecule has 2 N–H and O–H groups in total. The van der Waals surface area contributed by atoms with Crippen molar-refractivity contribution in [2.45, 2.75) is 6.92 Å². The summed E-state index contributed by atoms with van der Waals surface area (Å²) in [6, 6.07) is 15.6. The molecule has 0 spiro atoms. The van der Waals surface area contributed by atoms with Crippen molar-refractivity contribution in [2.24, 2.45) is 0 Å². The fourth-order valence-corrected chi connectivity index (χ4v) is 1.92. The smallest absolute Gasteiger partial charge is 0.330 e. The number of benzene rings is 2. The van der Waals surface area contributed by atoms with Crippen LogP contribution in [0.5, 0.6) is 5.75 Å². The summed E-state index contributed by atoms with van der Waals surface area (Å²) >= 11 is 0. The number of rotatable bonds is 6. The highest BCUT2D eigenvalue weighted by Crippen LogP contribution is 2.15. The first-order chi connectivity index (χ1) is 11.6. The second-order valence-electron chi connectivity index (χ2n) is 5.07. The maximum absolute atomic E-state index is 11.8. The summed E-state index contributed by atoms with van der Waals surface area (Å²) in [7, 11) is 0. The first kappa shape index (κ1) is 17.2. The number of carbonyl (C=O) groups is 3. The lowest BCUT2D eigenvalue weighted by molar-refractivity contribution is -0.135. The molecule has 24 heavy (non-hydrogen) atoms. The second kappa shape index (κ2) is 8.47. The van der Waals surface area contributed by atoms with Gasteiger partial charge in [0.1, 0.15) is 12.3 Å². The van der Waals surface area contributed by atoms with Gasteiger partial charge < -0.3 is 15.4 Å². The van der Waals surface area contributed by atoms with Crippen LogP contribution in [0.3, 0.4) is 0 Å². The van der Waals surface area contributed by atoms with Crippen LogP contribution in [0.25, 0.3) is 0 Å². The number of hydrogen-bond acceptors (Lipinski definition) is 4. The molecule has 0 aliphatic heterocycles. The van der Waals surface area contributed by atoms with Crippen LogP contribution in [0, 0.1) is 6.92 Å². The Morgan fingerprint density at radius 3 is 2.25 bits per heavy atom. The third-order valence-electron chi connectivity index (χ3n) is 3.19. The molecule has 124 valence electrons. The van der Waals surface area contributed by atoms with Crippen LogP contribution in [0.2, 0.25) is 0 Å². The summed E-state index contributed by atoms with van der Waals surface area (Å²) in [5, 5.41) is 4.88. The van der Waals surface area contributed by atoms with E-state index >= 15 is 0 Å². The molecule has 2 amide bonds. The van der Waals surface area contributed by atoms with Crippen LogP contribution in [-0.4, -0.2) is 30.9 Å². The number of amides is 2. The SMILES string of the molecule is Cc1ccccc1OC(=O)CNC(=O)CNC(=O)c1ccccc1. The van der Waals surface area contributed by atoms with E-state index in [2.05, 4.69) is 10.6 Å². The van der Waals surface area contributed by atoms with E-state index in [1.807, 2.05) is 19.1 Å². The van der Waals surface area contributed by atoms with Gasteiger partial charge >= 0.3 is 5.97 Å². The zero-order valence-corrected chi connectivity index (χ0v) is 13.2. The normalized spacial score (nSPS) is 9.88. The molecule has 0 saturated carbocycles. The molecule has 2 aromatic rings. The summed E-state index contributed by atoms with van der Waals surface area (Å²) < 4.78 is 5.15. The van der Waals surface area contributed by atoms with Crippen molar-refractivity contribution in [1.82, 2.24) is 10.6 Å². The predicted octanol–water partition coefficient (Wildman–Crippen LogP) is 1.45. The topological polar surface area (TPSA) is 84.5 Å². The maximum Gasteiger partial charge on any atom is 0.330 e. The number of para-hydroxylation sites is 1. The fourth-order valence-electron chi connectivity index (χ4n) is 1.92. The Morgan fingerprint density at radius 1 is 0.875 bits per heavy atom. The van der Waals surface area contributed by atoms with Gasteiger partial charge in [-0.2, -0.15) is 0 Å². The van der Waals surface area contributed by atoms with Crippen molar-refractivity contribution in [3.63, 3.8) is 0 Å². The molecule has 0 fully saturated rings. The van der Waals surface area contributed by atoms with Gasteiger partial charge in [0.15, 0.2) is 0 Å². The molecule has 0 bridgehead atoms. The van der Waals surface area contributed by atoms with Crippen molar-refractivity contribution >= 4 is 17.8 Å². The van der Waals surface area contributed by atoms with E-state index < -0.39 is 11.9 Å². The minimum atomic E-state index is -0.577. The van der Waals surface area contributed by atoms with Crippen molar-refractivity contribution < 1.29 is 19.1 Å². The second-order valence-corrected chi connectivity index (χ2v) is 5.07. The number of nitrogens with one attached hydrogen (secondary N) is 2. The van der Waals surface area contributed by atoms with E-state index in [1.54, 1.807) is 42.5 Å². The van der Waals surface area contributed by atoms with E-state index in [1.165, 1.54) is 0 Å². The third-order valence-corrected chi connectivity index (χ3v) is 3.19. The molecule has 2 aromatic carbocycles. The summed E-state index contributed by atoms with van der Waals surface area (Å²) in [6.45, 7) is 1.33. The highest BCUT2D eigenvalue weighted by Gasteiger charge is 2.10. The molecule has 0 aliphatic carbocycles. The van der Waals surface area contributed by atoms with Gasteiger partial charge in [0, 0.05) is 5.56 Å². The first-order valence-corrected chi connectivity index (χ1v) is 7.42. The lowest BCUT2D eigenvalue weighted by Crippen LogP contribution is -2.39. The van der Waals surface area contributed by atoms with E-state index in [0.717, 1.165) is 5.56 Å². The molecule has 2 rings (SSSR count). The zero-order valence-electron chi connectivity index (χ0n) is 13.2. The lowest BCUT2D eigenvalue weighted by Gasteiger charge is -2.08. The predicted molar refractivity (Wildman–Crippen MR) is 88.6 cm³/mol. The largest absolute Gasteiger partial charge is 0.425 e. The van der Waals surface area contributed by atoms with E-state index in [0.29, 0.717) is 11.3 Å². The van der Waals surface area contributed by atoms with E-state index in [4.69, 9.17) is 4.74 Å². The molecule has 0 unspecified atom stereocenters. The molecule has 0 heterocycles. The van der Waals surface area contributed by atoms with Gasteiger partial charge in [-0.05, 0) is 30.7 Å². The van der Waals surface area contributed by atoms with Crippen LogP contribution < -0.4 is 15.4 Å². The minimum Gasteiger partial charge on any atom is -0.425 e. The summed E-state index contributed by atoms with van der Waals surface area (Å²) in [4.78, 5) is 35.2. The van der Waals surface area contributed by atoms with Crippen molar-refractivity contribution in [3.8, 4) is 5.75 Å². The van der Waals surface area contributed by atoms with Gasteiger partial charge in [-0.3, -0.25) is 9.59 Å². The molecular weight excluding hydrogens is 308 g/mol. The molecule has 0 aromatic heterocycles. The maximum atomic E-state index is 11.8. The average Bonchev–Trinajstić information content (AvgIpc) is 2.60. The van der Waals surface area contributed by atoms with E-state index in [9.17, 15) is 14.4 Å². The third kappa shape index (κ3) is 5.24. The Labute approximate surface area is 139 Å². The molecule has 6 nitrogen and oxygen atoms in total. The molecular formula is C18H18N2O4. The number of hydrogen-bond donors (Lipinski definition) is 2. The van der Waals surface area contributed by atoms with Crippen LogP contribution in [0.15, 0.2) is 54.6 Å². The van der Waals surface area contributed by atoms with E-state index in [-0.39, 0.29) is 19.0 Å². The Kier molecular flexibility index (Phi) is 6.08. The first-order valence-electron chi connectivity index (χ1n) is 7.42. The number of ether oxygens (including phenoxy) is 1. The number of carbonyl (C=O) groups excluding carboxylic acids is 3. The Balaban J connectivity index is 1.72. The number of aryl methyl sites for hydroxylation is 1. The van der Waals surface area contributed by atoms with Crippen molar-refractivity contribution in [3.05, 3.63) is 65.7 Å². The summed E-state index contributed by atoms with van der Waals surface area (Å²) in [5.74, 6) is -0.949. The Morgan fingerprint density at radius 2 is 1.54 bits per heavy atom. The van der Waals surface area contributed by atoms with Gasteiger partial charge in [0.25, 0.3) is 5.91 Å². The van der Waals surface area contributed by atoms with Crippen LogP contribution in [0.4, 0.5) is 0 Å². The van der Waals surface area contributed by atoms with Crippen LogP contribution >= 0.6 is 0 Å². The Hall–Kier alpha value is -3.15. The number of esters is 1. The van der Waals surface area contributed by atoms with Gasteiger partial charge in [-0.15, -0.1) is 0 Å². The highest BCUT2D eigenvalue weighted by atomic mass is 16.5. The molecule has 0 atom stereocenters. The quantitative estimate of drug-likeness (QED) is 0.621. The highest BCUT2D eigenvalue weighted by molar-refractivity contribution is 5.96. The monoisotopic (exact) mass is 326 g/mol. The molecule has 0 saturated heterocycles. The Bertz CT molecular complexity index is 729. The van der Waals surface area contributed by atoms with Gasteiger partial charge in [-0.1, -0.05) is 36.4 Å². The lowest BCUT2D eigenvalue weighted by atomic mass is 10.2. The average molecular weight is 326 g/mol. The molecule has 0 radical (unpaired) electrons. The van der Waals surface area contributed by atoms with Crippen LogP contribution in [-0.2, 0) is 9.59 Å². The summed E-state index contributed by atoms with van der Waals surface area (Å²) in [5.41, 5.74) is 1.29. The van der Waals surface area contributed by atoms with Gasteiger partial charge in [0.05, 0.1) is 6.54 Å². The van der Waals surface area contributed by atoms with Crippen LogP contribution in [0.1, 0.15) is 15.9 Å². The standard InChI is InChI=1S/C18H18N2O4/c1-13-7-5-6-10-15(13)24-17(22)12-19-16(21)11-20-18(23)14-8-3-2-4-9-14/h2-10H,11-12H2,1H3,(H,19,21)(H,20,23). The van der Waals surface area contributed by atoms with Gasteiger partial charge in [0.2, 0.25) is 5.91 Å². The van der Waals surface area contributed by atoms with Crippen molar-refractivity contribution in [2.75, 3.05) is 13.1 Å². The summed E-state index contributed by atoms with van der Waals surface area (Å²) in [6.07, 6.45) is 0. The molecule has 6 heteroatoms. The minimum absolute atomic E-state index is 0.217. The zero-order chi connectivity index (χ0) is 17.4. The van der Waals surface area contributed by atoms with Crippen molar-refractivity contribution in [1.29, 1.82) is 0 Å². The molecule has 0 aliphatic rings. The van der Waals surface area contributed by atoms with Gasteiger partial charge in [-0.25, -0.2) is 4.79 Å².